The van der Waals surface area contributed by atoms with Gasteiger partial charge in [-0.1, -0.05) is 19.1 Å². The van der Waals surface area contributed by atoms with Gasteiger partial charge >= 0.3 is 0 Å². The van der Waals surface area contributed by atoms with E-state index >= 15 is 0 Å². The molecule has 0 saturated carbocycles. The van der Waals surface area contributed by atoms with Gasteiger partial charge in [-0.25, -0.2) is 4.98 Å². The summed E-state index contributed by atoms with van der Waals surface area (Å²) in [5, 5.41) is 2.86. The van der Waals surface area contributed by atoms with E-state index in [4.69, 9.17) is 18.0 Å². The van der Waals surface area contributed by atoms with Gasteiger partial charge in [-0.15, -0.1) is 0 Å². The molecule has 0 aromatic carbocycles. The van der Waals surface area contributed by atoms with Crippen molar-refractivity contribution in [3.8, 4) is 0 Å². The second-order valence-electron chi connectivity index (χ2n) is 5.39. The number of anilines is 1. The first-order chi connectivity index (χ1) is 10.0. The molecule has 1 amide bonds. The number of carbonyl (C=O) groups is 1. The van der Waals surface area contributed by atoms with Crippen LogP contribution in [-0.4, -0.2) is 36.0 Å². The molecule has 0 fully saturated rings. The number of aryl methyl sites for hydroxylation is 2. The zero-order valence-electron chi connectivity index (χ0n) is 12.6. The van der Waals surface area contributed by atoms with Crippen LogP contribution in [0.25, 0.3) is 0 Å². The first-order valence-corrected chi connectivity index (χ1v) is 7.74. The second-order valence-corrected chi connectivity index (χ2v) is 5.83. The van der Waals surface area contributed by atoms with E-state index < -0.39 is 0 Å². The number of likely N-dealkylation sites (N-methyl/N-ethyl adjacent to an activating group) is 1. The average molecular weight is 306 g/mol. The number of nitrogens with one attached hydrogen (secondary N) is 1. The molecule has 3 N–H and O–H groups in total. The summed E-state index contributed by atoms with van der Waals surface area (Å²) in [6, 6.07) is 2.04. The van der Waals surface area contributed by atoms with Gasteiger partial charge in [0.05, 0.1) is 12.1 Å². The monoisotopic (exact) mass is 306 g/mol. The van der Waals surface area contributed by atoms with Crippen LogP contribution in [0.15, 0.2) is 6.07 Å². The Morgan fingerprint density at radius 3 is 2.95 bits per heavy atom. The van der Waals surface area contributed by atoms with Crippen molar-refractivity contribution in [1.82, 2.24) is 10.3 Å². The number of carbonyl (C=O) groups excluding carboxylic acids is 1. The predicted molar refractivity (Wildman–Crippen MR) is 88.7 cm³/mol. The summed E-state index contributed by atoms with van der Waals surface area (Å²) in [5.74, 6) is 0.685. The molecule has 0 bridgehead atoms. The number of hydrogen-bond donors (Lipinski definition) is 2. The maximum atomic E-state index is 11.9. The third-order valence-electron chi connectivity index (χ3n) is 3.61. The lowest BCUT2D eigenvalue weighted by Gasteiger charge is -2.21. The average Bonchev–Trinajstić information content (AvgIpc) is 2.90. The van der Waals surface area contributed by atoms with Crippen molar-refractivity contribution in [1.29, 1.82) is 0 Å². The Morgan fingerprint density at radius 1 is 1.52 bits per heavy atom. The fourth-order valence-electron chi connectivity index (χ4n) is 2.54. The molecule has 1 aliphatic carbocycles. The topological polar surface area (TPSA) is 71.2 Å². The standard InChI is InChI=1S/C15H22N4OS/c1-3-7-17-13(20)9-19(2)15-11(14(16)21)8-10-5-4-6-12(10)18-15/h8H,3-7,9H2,1-2H3,(H2,16,21)(H,17,20). The van der Waals surface area contributed by atoms with Gasteiger partial charge in [0.1, 0.15) is 10.8 Å². The van der Waals surface area contributed by atoms with Gasteiger partial charge in [-0.05, 0) is 37.3 Å². The van der Waals surface area contributed by atoms with Crippen LogP contribution in [0.3, 0.4) is 0 Å². The van der Waals surface area contributed by atoms with Gasteiger partial charge in [0.25, 0.3) is 0 Å². The Kier molecular flexibility index (Phi) is 5.12. The number of thiocarbonyl (C=S) groups is 1. The van der Waals surface area contributed by atoms with Crippen molar-refractivity contribution >= 4 is 28.9 Å². The molecule has 0 aliphatic heterocycles. The molecular formula is C15H22N4OS. The summed E-state index contributed by atoms with van der Waals surface area (Å²) in [6.45, 7) is 2.96. The van der Waals surface area contributed by atoms with Crippen LogP contribution in [0.5, 0.6) is 0 Å². The quantitative estimate of drug-likeness (QED) is 0.772. The molecule has 21 heavy (non-hydrogen) atoms. The predicted octanol–water partition coefficient (Wildman–Crippen LogP) is 1.17. The molecular weight excluding hydrogens is 284 g/mol. The molecule has 0 spiro atoms. The molecule has 1 aliphatic rings. The molecule has 114 valence electrons. The molecule has 1 heterocycles. The number of nitrogens with zero attached hydrogens (tertiary/aromatic N) is 2. The number of aromatic nitrogens is 1. The Bertz CT molecular complexity index is 559. The van der Waals surface area contributed by atoms with Crippen molar-refractivity contribution in [2.75, 3.05) is 25.0 Å². The number of nitrogens with two attached hydrogens (primary N) is 1. The Labute approximate surface area is 130 Å². The first-order valence-electron chi connectivity index (χ1n) is 7.33. The zero-order chi connectivity index (χ0) is 15.4. The molecule has 0 saturated heterocycles. The Hall–Kier alpha value is -1.69. The van der Waals surface area contributed by atoms with E-state index in [1.54, 1.807) is 0 Å². The van der Waals surface area contributed by atoms with Crippen LogP contribution < -0.4 is 16.0 Å². The Balaban J connectivity index is 2.21. The van der Waals surface area contributed by atoms with Gasteiger partial charge in [-0.2, -0.15) is 0 Å². The highest BCUT2D eigenvalue weighted by molar-refractivity contribution is 7.80. The van der Waals surface area contributed by atoms with E-state index in [9.17, 15) is 4.79 Å². The largest absolute Gasteiger partial charge is 0.389 e. The normalized spacial score (nSPS) is 12.9. The van der Waals surface area contributed by atoms with E-state index in [2.05, 4.69) is 10.3 Å². The molecule has 2 rings (SSSR count). The van der Waals surface area contributed by atoms with Crippen LogP contribution >= 0.6 is 12.2 Å². The highest BCUT2D eigenvalue weighted by atomic mass is 32.1. The summed E-state index contributed by atoms with van der Waals surface area (Å²) < 4.78 is 0. The van der Waals surface area contributed by atoms with Gasteiger partial charge in [0.2, 0.25) is 5.91 Å². The molecule has 0 atom stereocenters. The SMILES string of the molecule is CCCNC(=O)CN(C)c1nc2c(cc1C(N)=S)CCC2. The van der Waals surface area contributed by atoms with Gasteiger partial charge in [-0.3, -0.25) is 4.79 Å². The van der Waals surface area contributed by atoms with Gasteiger partial charge in [0.15, 0.2) is 0 Å². The number of pyridine rings is 1. The minimum Gasteiger partial charge on any atom is -0.389 e. The van der Waals surface area contributed by atoms with Crippen LogP contribution in [0.2, 0.25) is 0 Å². The van der Waals surface area contributed by atoms with Crippen molar-refractivity contribution in [3.63, 3.8) is 0 Å². The van der Waals surface area contributed by atoms with E-state index in [0.29, 0.717) is 17.4 Å². The minimum atomic E-state index is -0.0180. The molecule has 5 nitrogen and oxygen atoms in total. The molecule has 0 unspecified atom stereocenters. The highest BCUT2D eigenvalue weighted by Gasteiger charge is 2.20. The van der Waals surface area contributed by atoms with Gasteiger partial charge in [0, 0.05) is 19.3 Å². The van der Waals surface area contributed by atoms with Crippen molar-refractivity contribution in [2.45, 2.75) is 32.6 Å². The minimum absolute atomic E-state index is 0.0180. The van der Waals surface area contributed by atoms with Crippen molar-refractivity contribution in [2.24, 2.45) is 5.73 Å². The number of fused-ring (bicyclic) bond motifs is 1. The molecule has 0 radical (unpaired) electrons. The summed E-state index contributed by atoms with van der Waals surface area (Å²) in [6.07, 6.45) is 4.04. The summed E-state index contributed by atoms with van der Waals surface area (Å²) in [5.41, 5.74) is 8.91. The van der Waals surface area contributed by atoms with E-state index in [1.807, 2.05) is 24.9 Å². The maximum Gasteiger partial charge on any atom is 0.239 e. The van der Waals surface area contributed by atoms with Gasteiger partial charge < -0.3 is 16.0 Å². The third kappa shape index (κ3) is 3.69. The lowest BCUT2D eigenvalue weighted by molar-refractivity contribution is -0.119. The zero-order valence-corrected chi connectivity index (χ0v) is 13.4. The van der Waals surface area contributed by atoms with Crippen LogP contribution in [0, 0.1) is 0 Å². The summed E-state index contributed by atoms with van der Waals surface area (Å²) in [4.78, 5) is 18.7. The van der Waals surface area contributed by atoms with Crippen LogP contribution in [-0.2, 0) is 17.6 Å². The Morgan fingerprint density at radius 2 is 2.29 bits per heavy atom. The fourth-order valence-corrected chi connectivity index (χ4v) is 2.69. The third-order valence-corrected chi connectivity index (χ3v) is 3.83. The highest BCUT2D eigenvalue weighted by Crippen LogP contribution is 2.26. The van der Waals surface area contributed by atoms with E-state index in [0.717, 1.165) is 36.9 Å². The fraction of sp³-hybridized carbons (Fsp3) is 0.533. The molecule has 6 heteroatoms. The van der Waals surface area contributed by atoms with Crippen molar-refractivity contribution < 1.29 is 4.79 Å². The summed E-state index contributed by atoms with van der Waals surface area (Å²) in [7, 11) is 1.84. The number of amides is 1. The smallest absolute Gasteiger partial charge is 0.239 e. The van der Waals surface area contributed by atoms with Crippen LogP contribution in [0.1, 0.15) is 36.6 Å². The molecule has 1 aromatic heterocycles. The summed E-state index contributed by atoms with van der Waals surface area (Å²) >= 11 is 5.13. The van der Waals surface area contributed by atoms with Crippen LogP contribution in [0.4, 0.5) is 5.82 Å². The lowest BCUT2D eigenvalue weighted by atomic mass is 10.1. The number of hydrogen-bond acceptors (Lipinski definition) is 4. The first kappa shape index (κ1) is 15.7. The van der Waals surface area contributed by atoms with E-state index in [1.165, 1.54) is 5.56 Å². The number of rotatable bonds is 6. The maximum absolute atomic E-state index is 11.9. The lowest BCUT2D eigenvalue weighted by Crippen LogP contribution is -2.36. The van der Waals surface area contributed by atoms with Crippen molar-refractivity contribution in [3.05, 3.63) is 22.9 Å². The van der Waals surface area contributed by atoms with E-state index in [-0.39, 0.29) is 12.5 Å². The molecule has 1 aromatic rings. The second kappa shape index (κ2) is 6.85.